The SMILES string of the molecule is N/C(COc1ccc(Cl)c2ccccc12)=N\O. The molecule has 17 heavy (non-hydrogen) atoms. The monoisotopic (exact) mass is 250 g/mol. The van der Waals surface area contributed by atoms with Crippen LogP contribution in [0.15, 0.2) is 41.6 Å². The third-order valence-electron chi connectivity index (χ3n) is 2.33. The first-order valence-corrected chi connectivity index (χ1v) is 5.36. The zero-order chi connectivity index (χ0) is 12.3. The number of halogens is 1. The summed E-state index contributed by atoms with van der Waals surface area (Å²) in [6.07, 6.45) is 0. The molecule has 0 heterocycles. The van der Waals surface area contributed by atoms with E-state index >= 15 is 0 Å². The molecule has 2 aromatic rings. The van der Waals surface area contributed by atoms with Gasteiger partial charge in [-0.1, -0.05) is 41.0 Å². The van der Waals surface area contributed by atoms with Crippen LogP contribution < -0.4 is 10.5 Å². The summed E-state index contributed by atoms with van der Waals surface area (Å²) in [4.78, 5) is 0. The van der Waals surface area contributed by atoms with E-state index in [-0.39, 0.29) is 12.4 Å². The Hall–Kier alpha value is -1.94. The predicted octanol–water partition coefficient (Wildman–Crippen LogP) is 2.62. The lowest BCUT2D eigenvalue weighted by Crippen LogP contribution is -2.20. The van der Waals surface area contributed by atoms with Crippen LogP contribution in [0, 0.1) is 0 Å². The summed E-state index contributed by atoms with van der Waals surface area (Å²) >= 11 is 6.08. The first-order valence-electron chi connectivity index (χ1n) is 4.99. The van der Waals surface area contributed by atoms with Gasteiger partial charge < -0.3 is 15.7 Å². The first kappa shape index (κ1) is 11.5. The van der Waals surface area contributed by atoms with Gasteiger partial charge in [-0.2, -0.15) is 0 Å². The Bertz CT molecular complexity index is 569. The number of nitrogens with zero attached hydrogens (tertiary/aromatic N) is 1. The number of nitrogens with two attached hydrogens (primary N) is 1. The maximum atomic E-state index is 8.43. The molecule has 0 spiro atoms. The van der Waals surface area contributed by atoms with Gasteiger partial charge in [0, 0.05) is 15.8 Å². The molecule has 0 aliphatic carbocycles. The second-order valence-electron chi connectivity index (χ2n) is 3.47. The summed E-state index contributed by atoms with van der Waals surface area (Å²) in [5.74, 6) is 0.667. The molecular formula is C12H11ClN2O2. The number of hydrogen-bond acceptors (Lipinski definition) is 3. The minimum absolute atomic E-state index is 0.0176. The average molecular weight is 251 g/mol. The van der Waals surface area contributed by atoms with E-state index in [2.05, 4.69) is 5.16 Å². The molecular weight excluding hydrogens is 240 g/mol. The Kier molecular flexibility index (Phi) is 3.35. The van der Waals surface area contributed by atoms with Gasteiger partial charge in [0.2, 0.25) is 0 Å². The van der Waals surface area contributed by atoms with Gasteiger partial charge in [-0.15, -0.1) is 0 Å². The van der Waals surface area contributed by atoms with Crippen molar-refractivity contribution in [3.05, 3.63) is 41.4 Å². The Morgan fingerprint density at radius 3 is 2.65 bits per heavy atom. The van der Waals surface area contributed by atoms with Gasteiger partial charge in [-0.05, 0) is 12.1 Å². The zero-order valence-electron chi connectivity index (χ0n) is 8.93. The fourth-order valence-electron chi connectivity index (χ4n) is 1.54. The summed E-state index contributed by atoms with van der Waals surface area (Å²) < 4.78 is 5.45. The number of benzene rings is 2. The van der Waals surface area contributed by atoms with Gasteiger partial charge in [0.25, 0.3) is 0 Å². The molecule has 2 rings (SSSR count). The maximum absolute atomic E-state index is 8.43. The molecule has 0 amide bonds. The highest BCUT2D eigenvalue weighted by Crippen LogP contribution is 2.31. The molecule has 0 aromatic heterocycles. The van der Waals surface area contributed by atoms with Crippen LogP contribution in [-0.2, 0) is 0 Å². The molecule has 2 aromatic carbocycles. The first-order chi connectivity index (χ1) is 8.22. The molecule has 4 nitrogen and oxygen atoms in total. The van der Waals surface area contributed by atoms with Crippen molar-refractivity contribution in [1.29, 1.82) is 0 Å². The number of rotatable bonds is 3. The van der Waals surface area contributed by atoms with Crippen LogP contribution in [0.25, 0.3) is 10.8 Å². The fourth-order valence-corrected chi connectivity index (χ4v) is 1.77. The van der Waals surface area contributed by atoms with Gasteiger partial charge in [-0.3, -0.25) is 0 Å². The van der Waals surface area contributed by atoms with Gasteiger partial charge in [-0.25, -0.2) is 0 Å². The smallest absolute Gasteiger partial charge is 0.177 e. The fraction of sp³-hybridized carbons (Fsp3) is 0.0833. The largest absolute Gasteiger partial charge is 0.485 e. The highest BCUT2D eigenvalue weighted by atomic mass is 35.5. The number of ether oxygens (including phenoxy) is 1. The minimum Gasteiger partial charge on any atom is -0.485 e. The molecule has 88 valence electrons. The molecule has 0 aliphatic heterocycles. The molecule has 0 saturated carbocycles. The van der Waals surface area contributed by atoms with Gasteiger partial charge in [0.15, 0.2) is 5.84 Å². The number of oxime groups is 1. The number of fused-ring (bicyclic) bond motifs is 1. The maximum Gasteiger partial charge on any atom is 0.177 e. The highest BCUT2D eigenvalue weighted by molar-refractivity contribution is 6.35. The van der Waals surface area contributed by atoms with Crippen molar-refractivity contribution in [2.75, 3.05) is 6.61 Å². The third-order valence-corrected chi connectivity index (χ3v) is 2.66. The topological polar surface area (TPSA) is 67.8 Å². The molecule has 0 unspecified atom stereocenters. The minimum atomic E-state index is 0.0176. The van der Waals surface area contributed by atoms with E-state index < -0.39 is 0 Å². The Morgan fingerprint density at radius 2 is 1.94 bits per heavy atom. The highest BCUT2D eigenvalue weighted by Gasteiger charge is 2.05. The van der Waals surface area contributed by atoms with Crippen LogP contribution in [0.1, 0.15) is 0 Å². The van der Waals surface area contributed by atoms with Gasteiger partial charge >= 0.3 is 0 Å². The standard InChI is InChI=1S/C12H11ClN2O2/c13-10-5-6-11(17-7-12(14)15-16)9-4-2-1-3-8(9)10/h1-6,16H,7H2,(H2,14,15). The van der Waals surface area contributed by atoms with E-state index in [1.165, 1.54) is 0 Å². The van der Waals surface area contributed by atoms with Crippen molar-refractivity contribution in [1.82, 2.24) is 0 Å². The van der Waals surface area contributed by atoms with E-state index in [9.17, 15) is 0 Å². The van der Waals surface area contributed by atoms with Crippen LogP contribution in [-0.4, -0.2) is 17.6 Å². The average Bonchev–Trinajstić information content (AvgIpc) is 2.38. The Morgan fingerprint density at radius 1 is 1.24 bits per heavy atom. The van der Waals surface area contributed by atoms with Crippen molar-refractivity contribution in [3.8, 4) is 5.75 Å². The Labute approximate surface area is 103 Å². The van der Waals surface area contributed by atoms with Crippen molar-refractivity contribution in [2.24, 2.45) is 10.9 Å². The lowest BCUT2D eigenvalue weighted by molar-refractivity contribution is 0.307. The van der Waals surface area contributed by atoms with E-state index in [1.54, 1.807) is 12.1 Å². The van der Waals surface area contributed by atoms with Crippen LogP contribution in [0.3, 0.4) is 0 Å². The second-order valence-corrected chi connectivity index (χ2v) is 3.88. The quantitative estimate of drug-likeness (QED) is 0.381. The van der Waals surface area contributed by atoms with Gasteiger partial charge in [0.05, 0.1) is 0 Å². The summed E-state index contributed by atoms with van der Waals surface area (Å²) in [5, 5.41) is 13.7. The van der Waals surface area contributed by atoms with Crippen molar-refractivity contribution in [2.45, 2.75) is 0 Å². The van der Waals surface area contributed by atoms with Crippen LogP contribution >= 0.6 is 11.6 Å². The van der Waals surface area contributed by atoms with Crippen molar-refractivity contribution in [3.63, 3.8) is 0 Å². The van der Waals surface area contributed by atoms with Crippen molar-refractivity contribution >= 4 is 28.2 Å². The van der Waals surface area contributed by atoms with Gasteiger partial charge in [0.1, 0.15) is 12.4 Å². The summed E-state index contributed by atoms with van der Waals surface area (Å²) in [6, 6.07) is 11.1. The molecule has 0 fully saturated rings. The van der Waals surface area contributed by atoms with E-state index in [1.807, 2.05) is 24.3 Å². The number of amidine groups is 1. The van der Waals surface area contributed by atoms with Crippen LogP contribution in [0.5, 0.6) is 5.75 Å². The summed E-state index contributed by atoms with van der Waals surface area (Å²) in [5.41, 5.74) is 5.34. The van der Waals surface area contributed by atoms with E-state index in [0.29, 0.717) is 10.8 Å². The molecule has 5 heteroatoms. The normalized spacial score (nSPS) is 11.7. The molecule has 0 aliphatic rings. The zero-order valence-corrected chi connectivity index (χ0v) is 9.69. The summed E-state index contributed by atoms with van der Waals surface area (Å²) in [7, 11) is 0. The van der Waals surface area contributed by atoms with E-state index in [0.717, 1.165) is 10.8 Å². The molecule has 0 bridgehead atoms. The molecule has 0 atom stereocenters. The predicted molar refractivity (Wildman–Crippen MR) is 67.9 cm³/mol. The molecule has 0 saturated heterocycles. The lowest BCUT2D eigenvalue weighted by Gasteiger charge is -2.09. The van der Waals surface area contributed by atoms with Crippen molar-refractivity contribution < 1.29 is 9.94 Å². The second kappa shape index (κ2) is 4.93. The Balaban J connectivity index is 2.38. The van der Waals surface area contributed by atoms with Crippen LogP contribution in [0.4, 0.5) is 0 Å². The molecule has 0 radical (unpaired) electrons. The third kappa shape index (κ3) is 2.42. The lowest BCUT2D eigenvalue weighted by atomic mass is 10.1. The number of hydrogen-bond donors (Lipinski definition) is 2. The molecule has 3 N–H and O–H groups in total. The van der Waals surface area contributed by atoms with E-state index in [4.69, 9.17) is 27.3 Å². The van der Waals surface area contributed by atoms with Crippen LogP contribution in [0.2, 0.25) is 5.02 Å². The summed E-state index contributed by atoms with van der Waals surface area (Å²) in [6.45, 7) is 0.0299.